The van der Waals surface area contributed by atoms with E-state index in [4.69, 9.17) is 0 Å². The first-order valence-corrected chi connectivity index (χ1v) is 9.53. The Morgan fingerprint density at radius 2 is 1.76 bits per heavy atom. The second-order valence-electron chi connectivity index (χ2n) is 7.13. The lowest BCUT2D eigenvalue weighted by Gasteiger charge is -2.06. The van der Waals surface area contributed by atoms with Crippen molar-refractivity contribution < 1.29 is 4.79 Å². The second-order valence-corrected chi connectivity index (χ2v) is 7.13. The minimum Gasteiger partial charge on any atom is -0.305 e. The number of nitrogens with zero attached hydrogens (tertiary/aromatic N) is 4. The van der Waals surface area contributed by atoms with Crippen LogP contribution in [0.25, 0.3) is 5.69 Å². The number of hydrogen-bond acceptors (Lipinski definition) is 3. The standard InChI is InChI=1S/C23H23N5O/c1-16-8-7-9-19(14-16)15-27-13-12-21(26-27)24-23(29)22-17(2)25-28(18(22)3)20-10-5-4-6-11-20/h4-14H,15H2,1-3H3,(H,24,26,29). The van der Waals surface area contributed by atoms with Gasteiger partial charge in [-0.3, -0.25) is 9.48 Å². The number of nitrogens with one attached hydrogen (secondary N) is 1. The van der Waals surface area contributed by atoms with Crippen LogP contribution >= 0.6 is 0 Å². The van der Waals surface area contributed by atoms with Crippen molar-refractivity contribution in [3.8, 4) is 5.69 Å². The van der Waals surface area contributed by atoms with Crippen molar-refractivity contribution in [2.24, 2.45) is 0 Å². The quantitative estimate of drug-likeness (QED) is 0.557. The molecule has 2 aromatic carbocycles. The molecule has 0 radical (unpaired) electrons. The summed E-state index contributed by atoms with van der Waals surface area (Å²) in [6.45, 7) is 6.47. The number of aryl methyl sites for hydroxylation is 2. The molecule has 6 heteroatoms. The molecule has 2 heterocycles. The van der Waals surface area contributed by atoms with Crippen LogP contribution in [0.15, 0.2) is 66.9 Å². The van der Waals surface area contributed by atoms with E-state index in [-0.39, 0.29) is 5.91 Å². The zero-order valence-electron chi connectivity index (χ0n) is 16.8. The van der Waals surface area contributed by atoms with Crippen molar-refractivity contribution in [1.82, 2.24) is 19.6 Å². The third-order valence-corrected chi connectivity index (χ3v) is 4.83. The van der Waals surface area contributed by atoms with E-state index in [1.54, 1.807) is 10.7 Å². The average Bonchev–Trinajstić information content (AvgIpc) is 3.25. The minimum absolute atomic E-state index is 0.206. The van der Waals surface area contributed by atoms with Gasteiger partial charge in [0.15, 0.2) is 5.82 Å². The lowest BCUT2D eigenvalue weighted by molar-refractivity contribution is 0.102. The maximum Gasteiger partial charge on any atom is 0.260 e. The Morgan fingerprint density at radius 3 is 2.52 bits per heavy atom. The number of amides is 1. The third-order valence-electron chi connectivity index (χ3n) is 4.83. The molecule has 0 saturated heterocycles. The molecule has 29 heavy (non-hydrogen) atoms. The van der Waals surface area contributed by atoms with Gasteiger partial charge in [-0.1, -0.05) is 48.0 Å². The summed E-state index contributed by atoms with van der Waals surface area (Å²) < 4.78 is 3.61. The maximum atomic E-state index is 12.9. The van der Waals surface area contributed by atoms with Crippen LogP contribution < -0.4 is 5.32 Å². The van der Waals surface area contributed by atoms with Gasteiger partial charge in [0.25, 0.3) is 5.91 Å². The van der Waals surface area contributed by atoms with Crippen molar-refractivity contribution in [3.05, 3.63) is 94.9 Å². The zero-order chi connectivity index (χ0) is 20.4. The lowest BCUT2D eigenvalue weighted by atomic mass is 10.1. The fraction of sp³-hybridized carbons (Fsp3) is 0.174. The van der Waals surface area contributed by atoms with E-state index >= 15 is 0 Å². The smallest absolute Gasteiger partial charge is 0.260 e. The van der Waals surface area contributed by atoms with Gasteiger partial charge < -0.3 is 5.32 Å². The van der Waals surface area contributed by atoms with Gasteiger partial charge in [-0.15, -0.1) is 0 Å². The van der Waals surface area contributed by atoms with Crippen LogP contribution in [0.1, 0.15) is 32.9 Å². The summed E-state index contributed by atoms with van der Waals surface area (Å²) >= 11 is 0. The topological polar surface area (TPSA) is 64.7 Å². The summed E-state index contributed by atoms with van der Waals surface area (Å²) in [4.78, 5) is 12.9. The Bertz CT molecular complexity index is 1160. The van der Waals surface area contributed by atoms with Gasteiger partial charge in [0.2, 0.25) is 0 Å². The van der Waals surface area contributed by atoms with Gasteiger partial charge in [0.05, 0.1) is 29.2 Å². The van der Waals surface area contributed by atoms with Gasteiger partial charge in [0, 0.05) is 12.3 Å². The molecule has 0 atom stereocenters. The van der Waals surface area contributed by atoms with Gasteiger partial charge in [-0.2, -0.15) is 10.2 Å². The second kappa shape index (κ2) is 7.75. The molecule has 2 aromatic heterocycles. The van der Waals surface area contributed by atoms with Crippen molar-refractivity contribution in [1.29, 1.82) is 0 Å². The molecule has 0 saturated carbocycles. The molecular weight excluding hydrogens is 362 g/mol. The number of anilines is 1. The highest BCUT2D eigenvalue weighted by Gasteiger charge is 2.20. The number of benzene rings is 2. The first kappa shape index (κ1) is 18.7. The Kier molecular flexibility index (Phi) is 4.99. The monoisotopic (exact) mass is 385 g/mol. The molecule has 0 spiro atoms. The molecular formula is C23H23N5O. The van der Waals surface area contributed by atoms with E-state index < -0.39 is 0 Å². The van der Waals surface area contributed by atoms with Gasteiger partial charge in [0.1, 0.15) is 0 Å². The molecule has 146 valence electrons. The average molecular weight is 385 g/mol. The predicted octanol–water partition coefficient (Wildman–Crippen LogP) is 4.29. The molecule has 0 unspecified atom stereocenters. The SMILES string of the molecule is Cc1cccc(Cn2ccc(NC(=O)c3c(C)nn(-c4ccccc4)c3C)n2)c1. The first-order valence-electron chi connectivity index (χ1n) is 9.53. The highest BCUT2D eigenvalue weighted by atomic mass is 16.1. The zero-order valence-corrected chi connectivity index (χ0v) is 16.8. The molecule has 4 rings (SSSR count). The van der Waals surface area contributed by atoms with E-state index in [9.17, 15) is 4.79 Å². The van der Waals surface area contributed by atoms with Gasteiger partial charge in [-0.25, -0.2) is 4.68 Å². The van der Waals surface area contributed by atoms with Crippen molar-refractivity contribution in [2.45, 2.75) is 27.3 Å². The largest absolute Gasteiger partial charge is 0.305 e. The summed E-state index contributed by atoms with van der Waals surface area (Å²) in [6.07, 6.45) is 1.87. The molecule has 0 aliphatic heterocycles. The van der Waals surface area contributed by atoms with E-state index in [1.165, 1.54) is 11.1 Å². The summed E-state index contributed by atoms with van der Waals surface area (Å²) in [5.74, 6) is 0.317. The van der Waals surface area contributed by atoms with Crippen LogP contribution in [0.5, 0.6) is 0 Å². The fourth-order valence-corrected chi connectivity index (χ4v) is 3.48. The predicted molar refractivity (Wildman–Crippen MR) is 113 cm³/mol. The van der Waals surface area contributed by atoms with Crippen molar-refractivity contribution in [2.75, 3.05) is 5.32 Å². The summed E-state index contributed by atoms with van der Waals surface area (Å²) in [7, 11) is 0. The van der Waals surface area contributed by atoms with E-state index in [0.717, 1.165) is 11.4 Å². The van der Waals surface area contributed by atoms with Crippen LogP contribution in [0, 0.1) is 20.8 Å². The van der Waals surface area contributed by atoms with Crippen LogP contribution in [-0.4, -0.2) is 25.5 Å². The Hall–Kier alpha value is -3.67. The van der Waals surface area contributed by atoms with E-state index in [0.29, 0.717) is 23.6 Å². The minimum atomic E-state index is -0.206. The molecule has 0 aliphatic carbocycles. The number of hydrogen-bond donors (Lipinski definition) is 1. The Balaban J connectivity index is 1.52. The lowest BCUT2D eigenvalue weighted by Crippen LogP contribution is -2.15. The molecule has 0 bridgehead atoms. The maximum absolute atomic E-state index is 12.9. The van der Waals surface area contributed by atoms with Crippen LogP contribution in [0.3, 0.4) is 0 Å². The molecule has 1 N–H and O–H groups in total. The van der Waals surface area contributed by atoms with Crippen LogP contribution in [0.2, 0.25) is 0 Å². The highest BCUT2D eigenvalue weighted by Crippen LogP contribution is 2.19. The number of aromatic nitrogens is 4. The highest BCUT2D eigenvalue weighted by molar-refractivity contribution is 6.05. The normalized spacial score (nSPS) is 10.9. The molecule has 4 aromatic rings. The van der Waals surface area contributed by atoms with Crippen LogP contribution in [0.4, 0.5) is 5.82 Å². The Morgan fingerprint density at radius 1 is 0.966 bits per heavy atom. The first-order chi connectivity index (χ1) is 14.0. The number of para-hydroxylation sites is 1. The Labute approximate surface area is 169 Å². The molecule has 6 nitrogen and oxygen atoms in total. The number of carbonyl (C=O) groups excluding carboxylic acids is 1. The molecule has 0 fully saturated rings. The van der Waals surface area contributed by atoms with Gasteiger partial charge >= 0.3 is 0 Å². The van der Waals surface area contributed by atoms with E-state index in [1.807, 2.05) is 61.1 Å². The van der Waals surface area contributed by atoms with Gasteiger partial charge in [-0.05, 0) is 38.5 Å². The third kappa shape index (κ3) is 3.96. The fourth-order valence-electron chi connectivity index (χ4n) is 3.48. The van der Waals surface area contributed by atoms with Crippen molar-refractivity contribution >= 4 is 11.7 Å². The van der Waals surface area contributed by atoms with E-state index in [2.05, 4.69) is 40.6 Å². The number of rotatable bonds is 5. The molecule has 1 amide bonds. The van der Waals surface area contributed by atoms with Crippen molar-refractivity contribution in [3.63, 3.8) is 0 Å². The summed E-state index contributed by atoms with van der Waals surface area (Å²) in [5, 5.41) is 11.9. The summed E-state index contributed by atoms with van der Waals surface area (Å²) in [5.41, 5.74) is 5.36. The summed E-state index contributed by atoms with van der Waals surface area (Å²) in [6, 6.07) is 19.9. The van der Waals surface area contributed by atoms with Crippen LogP contribution in [-0.2, 0) is 6.54 Å². The molecule has 0 aliphatic rings. The number of carbonyl (C=O) groups is 1.